The molecular formula is C17H14N6OS. The number of aromatic amines is 1. The second kappa shape index (κ2) is 6.33. The van der Waals surface area contributed by atoms with E-state index in [9.17, 15) is 4.79 Å². The van der Waals surface area contributed by atoms with Crippen LogP contribution in [0.25, 0.3) is 21.6 Å². The molecule has 8 heteroatoms. The summed E-state index contributed by atoms with van der Waals surface area (Å²) in [7, 11) is 0. The minimum absolute atomic E-state index is 0.220. The summed E-state index contributed by atoms with van der Waals surface area (Å²) in [5, 5.41) is 9.98. The highest BCUT2D eigenvalue weighted by Crippen LogP contribution is 2.28. The van der Waals surface area contributed by atoms with Gasteiger partial charge in [0.05, 0.1) is 12.2 Å². The topological polar surface area (TPSA) is 110 Å². The lowest BCUT2D eigenvalue weighted by molar-refractivity contribution is 0.0946. The highest BCUT2D eigenvalue weighted by Gasteiger charge is 2.11. The molecular weight excluding hydrogens is 336 g/mol. The van der Waals surface area contributed by atoms with Gasteiger partial charge in [0, 0.05) is 17.4 Å². The van der Waals surface area contributed by atoms with Gasteiger partial charge in [0.15, 0.2) is 0 Å². The van der Waals surface area contributed by atoms with Crippen LogP contribution in [0.3, 0.4) is 0 Å². The van der Waals surface area contributed by atoms with E-state index in [1.54, 1.807) is 6.07 Å². The summed E-state index contributed by atoms with van der Waals surface area (Å²) in [6.45, 7) is 0.335. The summed E-state index contributed by atoms with van der Waals surface area (Å²) in [4.78, 5) is 21.9. The number of rotatable bonds is 4. The van der Waals surface area contributed by atoms with E-state index in [1.165, 1.54) is 17.5 Å². The number of nitrogens with one attached hydrogen (secondary N) is 2. The van der Waals surface area contributed by atoms with Crippen molar-refractivity contribution in [1.29, 1.82) is 0 Å². The number of nitrogens with zero attached hydrogens (tertiary/aromatic N) is 3. The summed E-state index contributed by atoms with van der Waals surface area (Å²) >= 11 is 1.45. The van der Waals surface area contributed by atoms with Gasteiger partial charge in [-0.1, -0.05) is 29.5 Å². The molecule has 4 aromatic rings. The van der Waals surface area contributed by atoms with Gasteiger partial charge in [0.2, 0.25) is 0 Å². The van der Waals surface area contributed by atoms with E-state index in [0.717, 1.165) is 26.6 Å². The first-order chi connectivity index (χ1) is 12.2. The van der Waals surface area contributed by atoms with Gasteiger partial charge >= 0.3 is 0 Å². The van der Waals surface area contributed by atoms with Crippen molar-refractivity contribution in [2.45, 2.75) is 6.54 Å². The predicted octanol–water partition coefficient (Wildman–Crippen LogP) is 2.59. The van der Waals surface area contributed by atoms with Crippen LogP contribution in [0.1, 0.15) is 15.5 Å². The Balaban J connectivity index is 1.56. The lowest BCUT2D eigenvalue weighted by Gasteiger charge is -2.03. The van der Waals surface area contributed by atoms with Crippen molar-refractivity contribution in [3.8, 4) is 11.3 Å². The number of para-hydroxylation sites is 1. The lowest BCUT2D eigenvalue weighted by atomic mass is 10.1. The van der Waals surface area contributed by atoms with Gasteiger partial charge in [0.1, 0.15) is 21.0 Å². The first-order valence-electron chi connectivity index (χ1n) is 7.59. The van der Waals surface area contributed by atoms with Crippen molar-refractivity contribution >= 4 is 33.3 Å². The van der Waals surface area contributed by atoms with E-state index < -0.39 is 0 Å². The lowest BCUT2D eigenvalue weighted by Crippen LogP contribution is -2.23. The monoisotopic (exact) mass is 350 g/mol. The fourth-order valence-corrected chi connectivity index (χ4v) is 3.33. The average Bonchev–Trinajstić information content (AvgIpc) is 3.29. The summed E-state index contributed by atoms with van der Waals surface area (Å²) < 4.78 is 0. The van der Waals surface area contributed by atoms with Crippen molar-refractivity contribution in [1.82, 2.24) is 25.5 Å². The number of pyridine rings is 1. The van der Waals surface area contributed by atoms with Crippen molar-refractivity contribution in [2.75, 3.05) is 5.73 Å². The van der Waals surface area contributed by atoms with E-state index >= 15 is 0 Å². The Bertz CT molecular complexity index is 1040. The number of nitrogens with two attached hydrogens (primary N) is 1. The SMILES string of the molecule is Nc1ccccc1-c1ccc2nc(CNC(=O)c3ccn[nH]3)sc2n1. The summed E-state index contributed by atoms with van der Waals surface area (Å²) in [5.74, 6) is -0.220. The van der Waals surface area contributed by atoms with Gasteiger partial charge in [0.25, 0.3) is 5.91 Å². The van der Waals surface area contributed by atoms with Gasteiger partial charge in [-0.25, -0.2) is 9.97 Å². The molecule has 4 rings (SSSR count). The second-order valence-electron chi connectivity index (χ2n) is 5.37. The molecule has 0 aliphatic heterocycles. The highest BCUT2D eigenvalue weighted by molar-refractivity contribution is 7.18. The Morgan fingerprint density at radius 1 is 1.16 bits per heavy atom. The predicted molar refractivity (Wildman–Crippen MR) is 97.0 cm³/mol. The number of carbonyl (C=O) groups excluding carboxylic acids is 1. The molecule has 0 fully saturated rings. The Kier molecular flexibility index (Phi) is 3.87. The Labute approximate surface area is 146 Å². The van der Waals surface area contributed by atoms with Crippen molar-refractivity contribution in [3.05, 3.63) is 59.4 Å². The van der Waals surface area contributed by atoms with Gasteiger partial charge in [-0.2, -0.15) is 5.10 Å². The highest BCUT2D eigenvalue weighted by atomic mass is 32.1. The smallest absolute Gasteiger partial charge is 0.269 e. The average molecular weight is 350 g/mol. The third-order valence-electron chi connectivity index (χ3n) is 3.68. The number of anilines is 1. The number of aromatic nitrogens is 4. The maximum atomic E-state index is 11.9. The summed E-state index contributed by atoms with van der Waals surface area (Å²) in [6, 6.07) is 13.1. The zero-order valence-corrected chi connectivity index (χ0v) is 13.9. The molecule has 0 aliphatic rings. The second-order valence-corrected chi connectivity index (χ2v) is 6.43. The molecule has 0 atom stereocenters. The van der Waals surface area contributed by atoms with Crippen LogP contribution in [-0.4, -0.2) is 26.1 Å². The van der Waals surface area contributed by atoms with Crippen molar-refractivity contribution in [2.24, 2.45) is 0 Å². The minimum Gasteiger partial charge on any atom is -0.398 e. The third kappa shape index (κ3) is 3.07. The van der Waals surface area contributed by atoms with Crippen molar-refractivity contribution in [3.63, 3.8) is 0 Å². The number of nitrogen functional groups attached to an aromatic ring is 1. The maximum Gasteiger partial charge on any atom is 0.269 e. The van der Waals surface area contributed by atoms with E-state index in [2.05, 4.69) is 25.5 Å². The van der Waals surface area contributed by atoms with Crippen LogP contribution < -0.4 is 11.1 Å². The van der Waals surface area contributed by atoms with Crippen LogP contribution in [0.5, 0.6) is 0 Å². The van der Waals surface area contributed by atoms with Crippen LogP contribution >= 0.6 is 11.3 Å². The van der Waals surface area contributed by atoms with Crippen LogP contribution in [0, 0.1) is 0 Å². The fourth-order valence-electron chi connectivity index (χ4n) is 2.45. The first-order valence-corrected chi connectivity index (χ1v) is 8.41. The molecule has 25 heavy (non-hydrogen) atoms. The number of H-pyrrole nitrogens is 1. The molecule has 1 amide bonds. The number of hydrogen-bond acceptors (Lipinski definition) is 6. The van der Waals surface area contributed by atoms with Crippen LogP contribution in [0.2, 0.25) is 0 Å². The molecule has 0 bridgehead atoms. The zero-order valence-electron chi connectivity index (χ0n) is 13.1. The quantitative estimate of drug-likeness (QED) is 0.490. The Hall–Kier alpha value is -3.26. The number of carbonyl (C=O) groups is 1. The Morgan fingerprint density at radius 2 is 2.04 bits per heavy atom. The van der Waals surface area contributed by atoms with Gasteiger partial charge in [-0.05, 0) is 24.3 Å². The number of fused-ring (bicyclic) bond motifs is 1. The minimum atomic E-state index is -0.220. The number of thiazole rings is 1. The number of hydrogen-bond donors (Lipinski definition) is 3. The van der Waals surface area contributed by atoms with E-state index in [-0.39, 0.29) is 5.91 Å². The standard InChI is InChI=1S/C17H14N6OS/c18-11-4-2-1-3-10(11)12-5-6-14-17(22-12)25-15(21-14)9-19-16(24)13-7-8-20-23-13/h1-8H,9,18H2,(H,19,24)(H,20,23). The van der Waals surface area contributed by atoms with E-state index in [4.69, 9.17) is 5.73 Å². The van der Waals surface area contributed by atoms with E-state index in [0.29, 0.717) is 17.9 Å². The van der Waals surface area contributed by atoms with Crippen molar-refractivity contribution < 1.29 is 4.79 Å². The molecule has 0 aliphatic carbocycles. The maximum absolute atomic E-state index is 11.9. The first kappa shape index (κ1) is 15.3. The molecule has 0 radical (unpaired) electrons. The molecule has 124 valence electrons. The van der Waals surface area contributed by atoms with Crippen LogP contribution in [0.4, 0.5) is 5.69 Å². The molecule has 0 spiro atoms. The number of amides is 1. The largest absolute Gasteiger partial charge is 0.398 e. The van der Waals surface area contributed by atoms with Gasteiger partial charge in [-0.3, -0.25) is 9.89 Å². The van der Waals surface area contributed by atoms with Crippen LogP contribution in [-0.2, 0) is 6.54 Å². The zero-order chi connectivity index (χ0) is 17.2. The molecule has 0 saturated carbocycles. The Morgan fingerprint density at radius 3 is 2.84 bits per heavy atom. The number of benzene rings is 1. The molecule has 4 N–H and O–H groups in total. The molecule has 0 saturated heterocycles. The molecule has 7 nitrogen and oxygen atoms in total. The van der Waals surface area contributed by atoms with Gasteiger partial charge in [-0.15, -0.1) is 0 Å². The summed E-state index contributed by atoms with van der Waals surface area (Å²) in [5.41, 5.74) is 9.63. The summed E-state index contributed by atoms with van der Waals surface area (Å²) in [6.07, 6.45) is 1.54. The molecule has 3 aromatic heterocycles. The normalized spacial score (nSPS) is 10.9. The fraction of sp³-hybridized carbons (Fsp3) is 0.0588. The van der Waals surface area contributed by atoms with Crippen LogP contribution in [0.15, 0.2) is 48.7 Å². The van der Waals surface area contributed by atoms with E-state index in [1.807, 2.05) is 36.4 Å². The molecule has 3 heterocycles. The molecule has 0 unspecified atom stereocenters. The van der Waals surface area contributed by atoms with Gasteiger partial charge < -0.3 is 11.1 Å². The molecule has 1 aromatic carbocycles. The third-order valence-corrected chi connectivity index (χ3v) is 4.65.